The van der Waals surface area contributed by atoms with Crippen LogP contribution in [-0.4, -0.2) is 15.3 Å². The monoisotopic (exact) mass is 275 g/mol. The van der Waals surface area contributed by atoms with Crippen LogP contribution in [0.25, 0.3) is 0 Å². The van der Waals surface area contributed by atoms with Crippen molar-refractivity contribution < 1.29 is 13.2 Å². The van der Waals surface area contributed by atoms with Crippen LogP contribution in [0.1, 0.15) is 13.3 Å². The number of alkyl halides is 3. The summed E-state index contributed by atoms with van der Waals surface area (Å²) in [4.78, 5) is 23.3. The molecule has 1 heterocycles. The smallest absolute Gasteiger partial charge is 0.300 e. The minimum atomic E-state index is -4.77. The largest absolute Gasteiger partial charge is 0.406 e. The summed E-state index contributed by atoms with van der Waals surface area (Å²) >= 11 is 0. The van der Waals surface area contributed by atoms with Crippen LogP contribution in [0.15, 0.2) is 21.9 Å². The highest BCUT2D eigenvalue weighted by Gasteiger charge is 2.40. The van der Waals surface area contributed by atoms with E-state index in [1.165, 1.54) is 6.20 Å². The summed E-state index contributed by atoms with van der Waals surface area (Å²) in [5.41, 5.74) is -1.68. The molecule has 0 aliphatic carbocycles. The first-order chi connectivity index (χ1) is 8.81. The van der Waals surface area contributed by atoms with Gasteiger partial charge >= 0.3 is 11.9 Å². The van der Waals surface area contributed by atoms with Crippen molar-refractivity contribution in [2.45, 2.75) is 32.6 Å². The lowest BCUT2D eigenvalue weighted by molar-refractivity contribution is -0.162. The molecule has 0 aromatic carbocycles. The molecule has 1 aromatic rings. The van der Waals surface area contributed by atoms with Gasteiger partial charge in [0.15, 0.2) is 5.92 Å². The van der Waals surface area contributed by atoms with Gasteiger partial charge in [0.05, 0.1) is 12.6 Å². The first-order valence-electron chi connectivity index (χ1n) is 5.57. The number of halogens is 3. The van der Waals surface area contributed by atoms with Crippen LogP contribution in [-0.2, 0) is 13.1 Å². The van der Waals surface area contributed by atoms with Crippen molar-refractivity contribution in [3.05, 3.63) is 33.1 Å². The second-order valence-electron chi connectivity index (χ2n) is 3.96. The van der Waals surface area contributed by atoms with Gasteiger partial charge in [0.1, 0.15) is 0 Å². The lowest BCUT2D eigenvalue weighted by atomic mass is 10.1. The molecule has 0 N–H and O–H groups in total. The molecule has 19 heavy (non-hydrogen) atoms. The summed E-state index contributed by atoms with van der Waals surface area (Å²) < 4.78 is 39.0. The Labute approximate surface area is 106 Å². The molecule has 0 fully saturated rings. The topological polar surface area (TPSA) is 67.8 Å². The lowest BCUT2D eigenvalue weighted by Crippen LogP contribution is -2.42. The predicted molar refractivity (Wildman–Crippen MR) is 60.4 cm³/mol. The number of aryl methyl sites for hydroxylation is 1. The predicted octanol–water partition coefficient (Wildman–Crippen LogP) is 1.12. The first kappa shape index (κ1) is 15.0. The van der Waals surface area contributed by atoms with Crippen molar-refractivity contribution in [1.82, 2.24) is 9.13 Å². The number of nitrogens with zero attached hydrogens (tertiary/aromatic N) is 3. The fraction of sp³-hybridized carbons (Fsp3) is 0.545. The average molecular weight is 275 g/mol. The van der Waals surface area contributed by atoms with Gasteiger partial charge in [-0.15, -0.1) is 0 Å². The standard InChI is InChI=1S/C11H12F3N3O2/c1-2-4-16-5-3-9(18)17(10(16)19)7-8(6-15)11(12,13)14/h3,5,8H,2,4,7H2,1H3. The van der Waals surface area contributed by atoms with Crippen molar-refractivity contribution >= 4 is 0 Å². The summed E-state index contributed by atoms with van der Waals surface area (Å²) in [6, 6.07) is 2.08. The van der Waals surface area contributed by atoms with Gasteiger partial charge in [-0.05, 0) is 6.42 Å². The van der Waals surface area contributed by atoms with E-state index < -0.39 is 29.9 Å². The molecule has 0 radical (unpaired) electrons. The molecule has 0 aliphatic rings. The molecule has 104 valence electrons. The Morgan fingerprint density at radius 3 is 2.53 bits per heavy atom. The highest BCUT2D eigenvalue weighted by Crippen LogP contribution is 2.26. The number of nitriles is 1. The van der Waals surface area contributed by atoms with E-state index in [0.717, 1.165) is 16.7 Å². The molecule has 1 atom stereocenters. The van der Waals surface area contributed by atoms with Crippen LogP contribution in [0.3, 0.4) is 0 Å². The first-order valence-corrected chi connectivity index (χ1v) is 5.57. The Bertz CT molecular complexity index is 595. The van der Waals surface area contributed by atoms with Gasteiger partial charge in [0.25, 0.3) is 5.56 Å². The van der Waals surface area contributed by atoms with Gasteiger partial charge in [-0.1, -0.05) is 6.92 Å². The summed E-state index contributed by atoms with van der Waals surface area (Å²) in [7, 11) is 0. The molecule has 1 rings (SSSR count). The van der Waals surface area contributed by atoms with Crippen LogP contribution in [0, 0.1) is 17.2 Å². The molecular weight excluding hydrogens is 263 g/mol. The number of rotatable bonds is 4. The van der Waals surface area contributed by atoms with E-state index >= 15 is 0 Å². The highest BCUT2D eigenvalue weighted by molar-refractivity contribution is 4.92. The number of hydrogen-bond donors (Lipinski definition) is 0. The SMILES string of the molecule is CCCn1ccc(=O)n(CC(C#N)C(F)(F)F)c1=O. The molecule has 0 aliphatic heterocycles. The molecule has 0 amide bonds. The van der Waals surface area contributed by atoms with Crippen LogP contribution in [0.4, 0.5) is 13.2 Å². The third-order valence-corrected chi connectivity index (χ3v) is 2.52. The Hall–Kier alpha value is -2.04. The van der Waals surface area contributed by atoms with E-state index in [2.05, 4.69) is 0 Å². The van der Waals surface area contributed by atoms with Crippen LogP contribution < -0.4 is 11.2 Å². The summed E-state index contributed by atoms with van der Waals surface area (Å²) in [6.45, 7) is 1.10. The second kappa shape index (κ2) is 5.73. The van der Waals surface area contributed by atoms with Crippen LogP contribution in [0.2, 0.25) is 0 Å². The van der Waals surface area contributed by atoms with E-state index in [4.69, 9.17) is 5.26 Å². The second-order valence-corrected chi connectivity index (χ2v) is 3.96. The van der Waals surface area contributed by atoms with Crippen LogP contribution >= 0.6 is 0 Å². The zero-order valence-corrected chi connectivity index (χ0v) is 10.1. The Morgan fingerprint density at radius 2 is 2.05 bits per heavy atom. The van der Waals surface area contributed by atoms with E-state index in [9.17, 15) is 22.8 Å². The normalized spacial score (nSPS) is 13.0. The van der Waals surface area contributed by atoms with E-state index in [1.807, 2.05) is 0 Å². The zero-order valence-electron chi connectivity index (χ0n) is 10.1. The quantitative estimate of drug-likeness (QED) is 0.827. The lowest BCUT2D eigenvalue weighted by Gasteiger charge is -2.15. The van der Waals surface area contributed by atoms with Crippen molar-refractivity contribution in [3.63, 3.8) is 0 Å². The molecule has 5 nitrogen and oxygen atoms in total. The number of aromatic nitrogens is 2. The van der Waals surface area contributed by atoms with Gasteiger partial charge in [-0.3, -0.25) is 9.36 Å². The molecule has 8 heteroatoms. The van der Waals surface area contributed by atoms with Gasteiger partial charge < -0.3 is 4.57 Å². The third-order valence-electron chi connectivity index (χ3n) is 2.52. The van der Waals surface area contributed by atoms with Gasteiger partial charge in [0, 0.05) is 18.8 Å². The fourth-order valence-corrected chi connectivity index (χ4v) is 1.54. The van der Waals surface area contributed by atoms with Crippen molar-refractivity contribution in [2.24, 2.45) is 5.92 Å². The minimum absolute atomic E-state index is 0.294. The maximum atomic E-state index is 12.5. The highest BCUT2D eigenvalue weighted by atomic mass is 19.4. The Balaban J connectivity index is 3.21. The molecular formula is C11H12F3N3O2. The summed E-state index contributed by atoms with van der Waals surface area (Å²) in [5, 5.41) is 8.48. The van der Waals surface area contributed by atoms with Gasteiger partial charge in [-0.25, -0.2) is 4.79 Å². The van der Waals surface area contributed by atoms with Gasteiger partial charge in [-0.2, -0.15) is 18.4 Å². The van der Waals surface area contributed by atoms with E-state index in [0.29, 0.717) is 17.5 Å². The fourth-order valence-electron chi connectivity index (χ4n) is 1.54. The Morgan fingerprint density at radius 1 is 1.42 bits per heavy atom. The van der Waals surface area contributed by atoms with E-state index in [1.54, 1.807) is 6.92 Å². The van der Waals surface area contributed by atoms with Crippen molar-refractivity contribution in [2.75, 3.05) is 0 Å². The molecule has 1 unspecified atom stereocenters. The van der Waals surface area contributed by atoms with E-state index in [-0.39, 0.29) is 0 Å². The third kappa shape index (κ3) is 3.47. The van der Waals surface area contributed by atoms with Crippen molar-refractivity contribution in [1.29, 1.82) is 5.26 Å². The molecule has 0 spiro atoms. The maximum absolute atomic E-state index is 12.5. The summed E-state index contributed by atoms with van der Waals surface area (Å²) in [5.74, 6) is -2.38. The minimum Gasteiger partial charge on any atom is -0.300 e. The van der Waals surface area contributed by atoms with Gasteiger partial charge in [0.2, 0.25) is 0 Å². The van der Waals surface area contributed by atoms with Crippen LogP contribution in [0.5, 0.6) is 0 Å². The molecule has 0 saturated heterocycles. The average Bonchev–Trinajstić information content (AvgIpc) is 2.31. The molecule has 0 saturated carbocycles. The molecule has 1 aromatic heterocycles. The summed E-state index contributed by atoms with van der Waals surface area (Å²) in [6.07, 6.45) is -2.94. The zero-order chi connectivity index (χ0) is 14.6. The Kier molecular flexibility index (Phi) is 4.53. The van der Waals surface area contributed by atoms with Crippen molar-refractivity contribution in [3.8, 4) is 6.07 Å². The maximum Gasteiger partial charge on any atom is 0.406 e. The molecule has 0 bridgehead atoms. The number of hydrogen-bond acceptors (Lipinski definition) is 3.